The Hall–Kier alpha value is -1.26. The Kier molecular flexibility index (Phi) is 4.43. The molecule has 2 aromatic heterocycles. The summed E-state index contributed by atoms with van der Waals surface area (Å²) in [4.78, 5) is 8.16. The molecule has 0 saturated carbocycles. The number of rotatable bonds is 4. The molecule has 5 heteroatoms. The number of aromatic nitrogens is 1. The van der Waals surface area contributed by atoms with Crippen molar-refractivity contribution >= 4 is 34.4 Å². The van der Waals surface area contributed by atoms with E-state index in [0.717, 1.165) is 35.5 Å². The smallest absolute Gasteiger partial charge is 0.128 e. The highest BCUT2D eigenvalue weighted by Crippen LogP contribution is 2.23. The summed E-state index contributed by atoms with van der Waals surface area (Å²) in [6.07, 6.45) is 5.82. The monoisotopic (exact) mass is 307 g/mol. The van der Waals surface area contributed by atoms with Gasteiger partial charge in [-0.15, -0.1) is 11.3 Å². The SMILES string of the molecule is Clc1ccc(CNc2ccc(N3CCCCC3)nc2)s1. The Morgan fingerprint density at radius 1 is 1.15 bits per heavy atom. The minimum Gasteiger partial charge on any atom is -0.379 e. The van der Waals surface area contributed by atoms with E-state index in [-0.39, 0.29) is 0 Å². The Bertz CT molecular complexity index is 547. The van der Waals surface area contributed by atoms with Crippen LogP contribution in [-0.4, -0.2) is 18.1 Å². The lowest BCUT2D eigenvalue weighted by atomic mass is 10.1. The van der Waals surface area contributed by atoms with Crippen molar-refractivity contribution in [3.63, 3.8) is 0 Å². The second-order valence-corrected chi connectivity index (χ2v) is 6.81. The van der Waals surface area contributed by atoms with Crippen molar-refractivity contribution in [1.82, 2.24) is 4.98 Å². The van der Waals surface area contributed by atoms with Gasteiger partial charge in [-0.1, -0.05) is 11.6 Å². The van der Waals surface area contributed by atoms with Crippen LogP contribution in [0.4, 0.5) is 11.5 Å². The predicted octanol–water partition coefficient (Wildman–Crippen LogP) is 4.40. The number of nitrogens with zero attached hydrogens (tertiary/aromatic N) is 2. The van der Waals surface area contributed by atoms with E-state index in [0.29, 0.717) is 0 Å². The number of hydrogen-bond donors (Lipinski definition) is 1. The summed E-state index contributed by atoms with van der Waals surface area (Å²) in [6.45, 7) is 3.06. The third kappa shape index (κ3) is 3.44. The normalized spacial score (nSPS) is 15.3. The van der Waals surface area contributed by atoms with Crippen LogP contribution in [0.2, 0.25) is 4.34 Å². The number of anilines is 2. The summed E-state index contributed by atoms with van der Waals surface area (Å²) in [6, 6.07) is 8.19. The molecule has 0 atom stereocenters. The van der Waals surface area contributed by atoms with E-state index in [1.54, 1.807) is 11.3 Å². The van der Waals surface area contributed by atoms with Crippen molar-refractivity contribution in [2.45, 2.75) is 25.8 Å². The van der Waals surface area contributed by atoms with Crippen LogP contribution in [0.3, 0.4) is 0 Å². The van der Waals surface area contributed by atoms with E-state index in [1.807, 2.05) is 12.3 Å². The number of thiophene rings is 1. The molecule has 1 aliphatic rings. The van der Waals surface area contributed by atoms with Gasteiger partial charge >= 0.3 is 0 Å². The van der Waals surface area contributed by atoms with Crippen molar-refractivity contribution in [3.8, 4) is 0 Å². The maximum absolute atomic E-state index is 5.92. The first kappa shape index (κ1) is 13.7. The van der Waals surface area contributed by atoms with Crippen LogP contribution in [0.15, 0.2) is 30.5 Å². The van der Waals surface area contributed by atoms with Crippen molar-refractivity contribution in [2.24, 2.45) is 0 Å². The van der Waals surface area contributed by atoms with Gasteiger partial charge in [0.05, 0.1) is 16.2 Å². The highest BCUT2D eigenvalue weighted by Gasteiger charge is 2.11. The first-order valence-corrected chi connectivity index (χ1v) is 8.20. The van der Waals surface area contributed by atoms with E-state index in [4.69, 9.17) is 11.6 Å². The minimum atomic E-state index is 0.794. The van der Waals surface area contributed by atoms with E-state index >= 15 is 0 Å². The standard InChI is InChI=1S/C15H18ClN3S/c16-14-6-5-13(20-14)11-17-12-4-7-15(18-10-12)19-8-2-1-3-9-19/h4-7,10,17H,1-3,8-9,11H2. The lowest BCUT2D eigenvalue weighted by molar-refractivity contribution is 0.573. The molecule has 0 radical (unpaired) electrons. The zero-order valence-corrected chi connectivity index (χ0v) is 12.9. The topological polar surface area (TPSA) is 28.2 Å². The largest absolute Gasteiger partial charge is 0.379 e. The number of pyridine rings is 1. The molecule has 3 nitrogen and oxygen atoms in total. The van der Waals surface area contributed by atoms with E-state index in [2.05, 4.69) is 33.4 Å². The van der Waals surface area contributed by atoms with Gasteiger partial charge < -0.3 is 10.2 Å². The highest BCUT2D eigenvalue weighted by molar-refractivity contribution is 7.16. The fourth-order valence-corrected chi connectivity index (χ4v) is 3.46. The summed E-state index contributed by atoms with van der Waals surface area (Å²) in [7, 11) is 0. The Labute approximate surface area is 128 Å². The van der Waals surface area contributed by atoms with Gasteiger partial charge in [-0.2, -0.15) is 0 Å². The fourth-order valence-electron chi connectivity index (χ4n) is 2.44. The zero-order chi connectivity index (χ0) is 13.8. The summed E-state index contributed by atoms with van der Waals surface area (Å²) in [5.41, 5.74) is 1.05. The molecule has 106 valence electrons. The van der Waals surface area contributed by atoms with Crippen molar-refractivity contribution in [3.05, 3.63) is 39.7 Å². The summed E-state index contributed by atoms with van der Waals surface area (Å²) in [5, 5.41) is 3.38. The van der Waals surface area contributed by atoms with Crippen LogP contribution in [0.1, 0.15) is 24.1 Å². The highest BCUT2D eigenvalue weighted by atomic mass is 35.5. The third-order valence-electron chi connectivity index (χ3n) is 3.52. The van der Waals surface area contributed by atoms with Gasteiger partial charge in [0.2, 0.25) is 0 Å². The fraction of sp³-hybridized carbons (Fsp3) is 0.400. The molecule has 0 spiro atoms. The van der Waals surface area contributed by atoms with Crippen molar-refractivity contribution in [2.75, 3.05) is 23.3 Å². The molecule has 1 aliphatic heterocycles. The molecular weight excluding hydrogens is 290 g/mol. The lowest BCUT2D eigenvalue weighted by Crippen LogP contribution is -2.30. The molecular formula is C15H18ClN3S. The molecule has 1 N–H and O–H groups in total. The molecule has 3 rings (SSSR count). The van der Waals surface area contributed by atoms with Gasteiger partial charge in [-0.05, 0) is 43.5 Å². The molecule has 20 heavy (non-hydrogen) atoms. The van der Waals surface area contributed by atoms with Crippen LogP contribution in [0.5, 0.6) is 0 Å². The minimum absolute atomic E-state index is 0.794. The number of nitrogens with one attached hydrogen (secondary N) is 1. The summed E-state index contributed by atoms with van der Waals surface area (Å²) >= 11 is 7.53. The van der Waals surface area contributed by atoms with Gasteiger partial charge in [0, 0.05) is 24.5 Å². The van der Waals surface area contributed by atoms with Crippen LogP contribution >= 0.6 is 22.9 Å². The van der Waals surface area contributed by atoms with Crippen molar-refractivity contribution < 1.29 is 0 Å². The van der Waals surface area contributed by atoms with Gasteiger partial charge in [0.1, 0.15) is 5.82 Å². The molecule has 1 saturated heterocycles. The maximum atomic E-state index is 5.92. The predicted molar refractivity (Wildman–Crippen MR) is 87.0 cm³/mol. The van der Waals surface area contributed by atoms with E-state index in [9.17, 15) is 0 Å². The third-order valence-corrected chi connectivity index (χ3v) is 4.75. The summed E-state index contributed by atoms with van der Waals surface area (Å²) < 4.78 is 0.834. The molecule has 0 aliphatic carbocycles. The van der Waals surface area contributed by atoms with Crippen LogP contribution in [-0.2, 0) is 6.54 Å². The Balaban J connectivity index is 1.58. The number of halogens is 1. The van der Waals surface area contributed by atoms with Gasteiger partial charge in [-0.25, -0.2) is 4.98 Å². The van der Waals surface area contributed by atoms with Gasteiger partial charge in [0.15, 0.2) is 0 Å². The number of hydrogen-bond acceptors (Lipinski definition) is 4. The van der Waals surface area contributed by atoms with Gasteiger partial charge in [-0.3, -0.25) is 0 Å². The van der Waals surface area contributed by atoms with Crippen molar-refractivity contribution in [1.29, 1.82) is 0 Å². The first-order valence-electron chi connectivity index (χ1n) is 7.00. The summed E-state index contributed by atoms with van der Waals surface area (Å²) in [5.74, 6) is 1.09. The molecule has 2 aromatic rings. The Morgan fingerprint density at radius 2 is 2.00 bits per heavy atom. The van der Waals surface area contributed by atoms with Crippen LogP contribution in [0, 0.1) is 0 Å². The maximum Gasteiger partial charge on any atom is 0.128 e. The second kappa shape index (κ2) is 6.46. The molecule has 3 heterocycles. The molecule has 0 unspecified atom stereocenters. The van der Waals surface area contributed by atoms with Crippen LogP contribution < -0.4 is 10.2 Å². The second-order valence-electron chi connectivity index (χ2n) is 5.01. The number of piperidine rings is 1. The molecule has 1 fully saturated rings. The van der Waals surface area contributed by atoms with Gasteiger partial charge in [0.25, 0.3) is 0 Å². The first-order chi connectivity index (χ1) is 9.81. The zero-order valence-electron chi connectivity index (χ0n) is 11.3. The van der Waals surface area contributed by atoms with E-state index < -0.39 is 0 Å². The quantitative estimate of drug-likeness (QED) is 0.907. The molecule has 0 aromatic carbocycles. The average Bonchev–Trinajstić information content (AvgIpc) is 2.92. The average molecular weight is 308 g/mol. The van der Waals surface area contributed by atoms with Crippen LogP contribution in [0.25, 0.3) is 0 Å². The molecule has 0 amide bonds. The van der Waals surface area contributed by atoms with E-state index in [1.165, 1.54) is 24.1 Å². The molecule has 0 bridgehead atoms. The Morgan fingerprint density at radius 3 is 2.65 bits per heavy atom. The lowest BCUT2D eigenvalue weighted by Gasteiger charge is -2.27.